The Balaban J connectivity index is 1.97. The van der Waals surface area contributed by atoms with Gasteiger partial charge in [-0.3, -0.25) is 0 Å². The maximum Gasteiger partial charge on any atom is 0.233 e. The van der Waals surface area contributed by atoms with Crippen molar-refractivity contribution < 1.29 is 9.26 Å². The van der Waals surface area contributed by atoms with E-state index in [1.54, 1.807) is 0 Å². The van der Waals surface area contributed by atoms with Crippen molar-refractivity contribution in [2.24, 2.45) is 0 Å². The molecular weight excluding hydrogens is 182 g/mol. The molecule has 0 amide bonds. The van der Waals surface area contributed by atoms with Crippen molar-refractivity contribution in [2.75, 3.05) is 19.8 Å². The minimum atomic E-state index is 0.212. The van der Waals surface area contributed by atoms with Crippen LogP contribution in [0.2, 0.25) is 0 Å². The van der Waals surface area contributed by atoms with Crippen LogP contribution in [0.3, 0.4) is 0 Å². The summed E-state index contributed by atoms with van der Waals surface area (Å²) >= 11 is 0. The predicted molar refractivity (Wildman–Crippen MR) is 49.9 cm³/mol. The zero-order valence-corrected chi connectivity index (χ0v) is 8.27. The van der Waals surface area contributed by atoms with Gasteiger partial charge in [-0.1, -0.05) is 12.1 Å². The molecule has 1 aliphatic rings. The van der Waals surface area contributed by atoms with Crippen LogP contribution in [0.25, 0.3) is 0 Å². The molecule has 2 unspecified atom stereocenters. The normalized spacial score (nSPS) is 26.9. The van der Waals surface area contributed by atoms with Crippen LogP contribution in [0.1, 0.15) is 25.2 Å². The third kappa shape index (κ3) is 1.93. The van der Waals surface area contributed by atoms with Gasteiger partial charge in [0.05, 0.1) is 19.1 Å². The van der Waals surface area contributed by atoms with E-state index in [9.17, 15) is 0 Å². The lowest BCUT2D eigenvalue weighted by Gasteiger charge is -2.14. The highest BCUT2D eigenvalue weighted by Gasteiger charge is 2.32. The minimum absolute atomic E-state index is 0.212. The van der Waals surface area contributed by atoms with Gasteiger partial charge in [0.2, 0.25) is 5.89 Å². The van der Waals surface area contributed by atoms with Crippen LogP contribution in [0, 0.1) is 0 Å². The van der Waals surface area contributed by atoms with Crippen molar-refractivity contribution in [3.63, 3.8) is 0 Å². The highest BCUT2D eigenvalue weighted by molar-refractivity contribution is 4.99. The van der Waals surface area contributed by atoms with Gasteiger partial charge in [0, 0.05) is 6.04 Å². The molecule has 0 aliphatic carbocycles. The van der Waals surface area contributed by atoms with Gasteiger partial charge in [0.25, 0.3) is 0 Å². The van der Waals surface area contributed by atoms with Crippen LogP contribution >= 0.6 is 0 Å². The first kappa shape index (κ1) is 9.61. The summed E-state index contributed by atoms with van der Waals surface area (Å²) in [6.07, 6.45) is 2.55. The van der Waals surface area contributed by atoms with Crippen LogP contribution in [-0.4, -0.2) is 35.9 Å². The Bertz CT molecular complexity index is 263. The second-order valence-corrected chi connectivity index (χ2v) is 3.48. The molecule has 2 atom stereocenters. The molecule has 1 saturated heterocycles. The lowest BCUT2D eigenvalue weighted by atomic mass is 10.0. The maximum atomic E-state index is 5.40. The summed E-state index contributed by atoms with van der Waals surface area (Å²) in [4.78, 5) is 4.06. The molecule has 1 aromatic rings. The van der Waals surface area contributed by atoms with Gasteiger partial charge in [-0.05, 0) is 13.0 Å². The predicted octanol–water partition coefficient (Wildman–Crippen LogP) is 0.552. The van der Waals surface area contributed by atoms with E-state index < -0.39 is 0 Å². The molecule has 1 aliphatic heterocycles. The Hall–Kier alpha value is -0.940. The van der Waals surface area contributed by atoms with Crippen molar-refractivity contribution in [3.05, 3.63) is 12.2 Å². The van der Waals surface area contributed by atoms with Crippen LogP contribution in [0.5, 0.6) is 0 Å². The fourth-order valence-electron chi connectivity index (χ4n) is 1.67. The average molecular weight is 197 g/mol. The highest BCUT2D eigenvalue weighted by atomic mass is 16.5. The van der Waals surface area contributed by atoms with Gasteiger partial charge in [-0.2, -0.15) is 4.98 Å². The van der Waals surface area contributed by atoms with E-state index in [-0.39, 0.29) is 5.92 Å². The zero-order chi connectivity index (χ0) is 9.80. The molecule has 0 spiro atoms. The molecular formula is C9H15N3O2. The molecule has 0 aromatic carbocycles. The Kier molecular flexibility index (Phi) is 3.10. The summed E-state index contributed by atoms with van der Waals surface area (Å²) in [5.74, 6) is 0.889. The monoisotopic (exact) mass is 197 g/mol. The molecule has 2 heterocycles. The van der Waals surface area contributed by atoms with Crippen LogP contribution in [0.4, 0.5) is 0 Å². The summed E-state index contributed by atoms with van der Waals surface area (Å²) < 4.78 is 10.4. The van der Waals surface area contributed by atoms with Crippen molar-refractivity contribution in [3.8, 4) is 0 Å². The Morgan fingerprint density at radius 1 is 1.57 bits per heavy atom. The van der Waals surface area contributed by atoms with Gasteiger partial charge in [0.15, 0.2) is 6.33 Å². The third-order valence-corrected chi connectivity index (χ3v) is 2.43. The Morgan fingerprint density at radius 3 is 3.21 bits per heavy atom. The van der Waals surface area contributed by atoms with Crippen molar-refractivity contribution in [1.82, 2.24) is 15.5 Å². The van der Waals surface area contributed by atoms with Crippen LogP contribution < -0.4 is 5.32 Å². The number of hydrogen-bond acceptors (Lipinski definition) is 5. The van der Waals surface area contributed by atoms with Gasteiger partial charge in [-0.15, -0.1) is 0 Å². The van der Waals surface area contributed by atoms with Gasteiger partial charge >= 0.3 is 0 Å². The fraction of sp³-hybridized carbons (Fsp3) is 0.778. The van der Waals surface area contributed by atoms with Gasteiger partial charge in [0.1, 0.15) is 0 Å². The van der Waals surface area contributed by atoms with Crippen LogP contribution in [0.15, 0.2) is 10.9 Å². The first-order chi connectivity index (χ1) is 6.92. The van der Waals surface area contributed by atoms with Gasteiger partial charge < -0.3 is 14.6 Å². The zero-order valence-electron chi connectivity index (χ0n) is 8.27. The number of hydrogen-bond donors (Lipinski definition) is 1. The van der Waals surface area contributed by atoms with E-state index >= 15 is 0 Å². The molecule has 1 N–H and O–H groups in total. The molecule has 0 saturated carbocycles. The quantitative estimate of drug-likeness (QED) is 0.763. The molecule has 2 rings (SSSR count). The minimum Gasteiger partial charge on any atom is -0.379 e. The molecule has 1 fully saturated rings. The Morgan fingerprint density at radius 2 is 2.50 bits per heavy atom. The maximum absolute atomic E-state index is 5.40. The molecule has 5 nitrogen and oxygen atoms in total. The summed E-state index contributed by atoms with van der Waals surface area (Å²) in [5.41, 5.74) is 0. The number of ether oxygens (including phenoxy) is 1. The molecule has 14 heavy (non-hydrogen) atoms. The van der Waals surface area contributed by atoms with E-state index in [0.29, 0.717) is 18.5 Å². The summed E-state index contributed by atoms with van der Waals surface area (Å²) in [6.45, 7) is 4.54. The number of rotatable bonds is 4. The van der Waals surface area contributed by atoms with Crippen LogP contribution in [-0.2, 0) is 4.74 Å². The Labute approximate surface area is 82.8 Å². The topological polar surface area (TPSA) is 60.2 Å². The van der Waals surface area contributed by atoms with Crippen molar-refractivity contribution >= 4 is 0 Å². The number of nitrogens with zero attached hydrogens (tertiary/aromatic N) is 2. The molecule has 0 radical (unpaired) electrons. The summed E-state index contributed by atoms with van der Waals surface area (Å²) in [5, 5.41) is 7.03. The molecule has 1 aromatic heterocycles. The largest absolute Gasteiger partial charge is 0.379 e. The smallest absolute Gasteiger partial charge is 0.233 e. The second-order valence-electron chi connectivity index (χ2n) is 3.48. The van der Waals surface area contributed by atoms with E-state index in [4.69, 9.17) is 9.26 Å². The lowest BCUT2D eigenvalue weighted by Crippen LogP contribution is -2.34. The number of nitrogens with one attached hydrogen (secondary N) is 1. The summed E-state index contributed by atoms with van der Waals surface area (Å²) in [7, 11) is 0. The van der Waals surface area contributed by atoms with Crippen molar-refractivity contribution in [1.29, 1.82) is 0 Å². The highest BCUT2D eigenvalue weighted by Crippen LogP contribution is 2.23. The lowest BCUT2D eigenvalue weighted by molar-refractivity contribution is 0.184. The van der Waals surface area contributed by atoms with E-state index in [0.717, 1.165) is 19.6 Å². The molecule has 5 heteroatoms. The van der Waals surface area contributed by atoms with E-state index in [2.05, 4.69) is 22.4 Å². The fourth-order valence-corrected chi connectivity index (χ4v) is 1.67. The third-order valence-electron chi connectivity index (χ3n) is 2.43. The molecule has 78 valence electrons. The standard InChI is InChI=1S/C9H15N3O2/c1-2-3-10-8-5-13-4-7(8)9-11-6-12-14-9/h6-8,10H,2-5H2,1H3. The van der Waals surface area contributed by atoms with E-state index in [1.807, 2.05) is 0 Å². The second kappa shape index (κ2) is 4.52. The average Bonchev–Trinajstić information content (AvgIpc) is 2.84. The first-order valence-electron chi connectivity index (χ1n) is 4.99. The van der Waals surface area contributed by atoms with E-state index in [1.165, 1.54) is 6.33 Å². The van der Waals surface area contributed by atoms with Gasteiger partial charge in [-0.25, -0.2) is 0 Å². The number of aromatic nitrogens is 2. The first-order valence-corrected chi connectivity index (χ1v) is 4.99. The SMILES string of the molecule is CCCNC1COCC1c1ncno1. The molecule has 0 bridgehead atoms. The summed E-state index contributed by atoms with van der Waals surface area (Å²) in [6, 6.07) is 0.315. The van der Waals surface area contributed by atoms with Crippen molar-refractivity contribution in [2.45, 2.75) is 25.3 Å².